The van der Waals surface area contributed by atoms with E-state index in [9.17, 15) is 14.4 Å². The fraction of sp³-hybridized carbons (Fsp3) is 0.259. The summed E-state index contributed by atoms with van der Waals surface area (Å²) >= 11 is 0. The molecule has 0 unspecified atom stereocenters. The minimum Gasteiger partial charge on any atom is -0.497 e. The number of ketones is 1. The highest BCUT2D eigenvalue weighted by atomic mass is 16.5. The Bertz CT molecular complexity index is 1120. The maximum atomic E-state index is 13.0. The number of hydrogen-bond acceptors (Lipinski definition) is 6. The molecule has 35 heavy (non-hydrogen) atoms. The van der Waals surface area contributed by atoms with Gasteiger partial charge in [-0.15, -0.1) is 0 Å². The van der Waals surface area contributed by atoms with Gasteiger partial charge >= 0.3 is 0 Å². The Balaban J connectivity index is 1.63. The SMILES string of the molecule is COc1ccnc(CNC(=O)C(=O)[C@@H](Cc2ccccc2)NC(=O)[C@@H](C)OCc2ccccc2)c1. The van der Waals surface area contributed by atoms with E-state index in [0.717, 1.165) is 11.1 Å². The first-order valence-electron chi connectivity index (χ1n) is 11.3. The lowest BCUT2D eigenvalue weighted by atomic mass is 10.0. The summed E-state index contributed by atoms with van der Waals surface area (Å²) in [7, 11) is 1.53. The van der Waals surface area contributed by atoms with Crippen LogP contribution in [0.3, 0.4) is 0 Å². The number of pyridine rings is 1. The van der Waals surface area contributed by atoms with Crippen LogP contribution in [0.5, 0.6) is 5.75 Å². The van der Waals surface area contributed by atoms with Crippen molar-refractivity contribution in [2.75, 3.05) is 7.11 Å². The molecule has 3 aromatic rings. The van der Waals surface area contributed by atoms with Crippen LogP contribution in [-0.2, 0) is 38.7 Å². The van der Waals surface area contributed by atoms with E-state index < -0.39 is 29.7 Å². The molecule has 1 heterocycles. The molecular weight excluding hydrogens is 446 g/mol. The van der Waals surface area contributed by atoms with Gasteiger partial charge in [0.25, 0.3) is 5.91 Å². The molecule has 0 bridgehead atoms. The molecule has 1 aromatic heterocycles. The Labute approximate surface area is 204 Å². The number of benzene rings is 2. The average Bonchev–Trinajstić information content (AvgIpc) is 2.90. The quantitative estimate of drug-likeness (QED) is 0.390. The van der Waals surface area contributed by atoms with Crippen LogP contribution in [0.2, 0.25) is 0 Å². The van der Waals surface area contributed by atoms with Gasteiger partial charge in [-0.05, 0) is 24.1 Å². The molecule has 2 amide bonds. The lowest BCUT2D eigenvalue weighted by Gasteiger charge is -2.20. The molecule has 2 N–H and O–H groups in total. The first-order valence-corrected chi connectivity index (χ1v) is 11.3. The van der Waals surface area contributed by atoms with Crippen molar-refractivity contribution in [3.05, 3.63) is 95.8 Å². The monoisotopic (exact) mass is 475 g/mol. The molecule has 0 aliphatic rings. The van der Waals surface area contributed by atoms with Gasteiger partial charge in [0.15, 0.2) is 0 Å². The van der Waals surface area contributed by atoms with Crippen LogP contribution < -0.4 is 15.4 Å². The molecule has 182 valence electrons. The predicted molar refractivity (Wildman–Crippen MR) is 130 cm³/mol. The maximum absolute atomic E-state index is 13.0. The van der Waals surface area contributed by atoms with Crippen molar-refractivity contribution in [2.45, 2.75) is 38.6 Å². The second-order valence-electron chi connectivity index (χ2n) is 7.92. The molecule has 0 saturated carbocycles. The van der Waals surface area contributed by atoms with E-state index >= 15 is 0 Å². The molecule has 2 atom stereocenters. The van der Waals surface area contributed by atoms with E-state index in [1.54, 1.807) is 25.3 Å². The number of rotatable bonds is 12. The third-order valence-electron chi connectivity index (χ3n) is 5.31. The summed E-state index contributed by atoms with van der Waals surface area (Å²) in [5.74, 6) is -1.44. The Morgan fingerprint density at radius 1 is 0.943 bits per heavy atom. The molecule has 8 nitrogen and oxygen atoms in total. The topological polar surface area (TPSA) is 107 Å². The highest BCUT2D eigenvalue weighted by Gasteiger charge is 2.29. The fourth-order valence-corrected chi connectivity index (χ4v) is 3.32. The van der Waals surface area contributed by atoms with Gasteiger partial charge in [-0.1, -0.05) is 60.7 Å². The van der Waals surface area contributed by atoms with E-state index in [4.69, 9.17) is 9.47 Å². The number of hydrogen-bond donors (Lipinski definition) is 2. The number of amides is 2. The Hall–Kier alpha value is -4.04. The van der Waals surface area contributed by atoms with Crippen LogP contribution in [0.1, 0.15) is 23.7 Å². The third-order valence-corrected chi connectivity index (χ3v) is 5.31. The molecular formula is C27H29N3O5. The number of ether oxygens (including phenoxy) is 2. The summed E-state index contributed by atoms with van der Waals surface area (Å²) in [6, 6.07) is 20.9. The van der Waals surface area contributed by atoms with Gasteiger partial charge in [0.1, 0.15) is 17.9 Å². The van der Waals surface area contributed by atoms with Crippen LogP contribution in [0.4, 0.5) is 0 Å². The molecule has 2 aromatic carbocycles. The highest BCUT2D eigenvalue weighted by molar-refractivity contribution is 6.38. The van der Waals surface area contributed by atoms with Crippen LogP contribution in [-0.4, -0.2) is 41.8 Å². The molecule has 0 saturated heterocycles. The fourth-order valence-electron chi connectivity index (χ4n) is 3.32. The number of nitrogens with one attached hydrogen (secondary N) is 2. The number of nitrogens with zero attached hydrogens (tertiary/aromatic N) is 1. The van der Waals surface area contributed by atoms with E-state index in [1.165, 1.54) is 7.11 Å². The maximum Gasteiger partial charge on any atom is 0.289 e. The second kappa shape index (κ2) is 13.0. The van der Waals surface area contributed by atoms with Crippen LogP contribution >= 0.6 is 0 Å². The number of Topliss-reactive ketones (excluding diaryl/α,β-unsaturated/α-hetero) is 1. The molecule has 0 radical (unpaired) electrons. The van der Waals surface area contributed by atoms with Crippen molar-refractivity contribution in [1.82, 2.24) is 15.6 Å². The molecule has 8 heteroatoms. The molecule has 0 aliphatic heterocycles. The highest BCUT2D eigenvalue weighted by Crippen LogP contribution is 2.10. The smallest absolute Gasteiger partial charge is 0.289 e. The summed E-state index contributed by atoms with van der Waals surface area (Å²) in [6.07, 6.45) is 0.907. The number of carbonyl (C=O) groups is 3. The molecule has 0 fully saturated rings. The van der Waals surface area contributed by atoms with Crippen molar-refractivity contribution < 1.29 is 23.9 Å². The van der Waals surface area contributed by atoms with Crippen molar-refractivity contribution in [2.24, 2.45) is 0 Å². The number of methoxy groups -OCH3 is 1. The van der Waals surface area contributed by atoms with Crippen molar-refractivity contribution in [1.29, 1.82) is 0 Å². The summed E-state index contributed by atoms with van der Waals surface area (Å²) < 4.78 is 10.8. The zero-order chi connectivity index (χ0) is 25.0. The van der Waals surface area contributed by atoms with Crippen LogP contribution in [0, 0.1) is 0 Å². The second-order valence-corrected chi connectivity index (χ2v) is 7.92. The first-order chi connectivity index (χ1) is 17.0. The van der Waals surface area contributed by atoms with Gasteiger partial charge in [0.2, 0.25) is 11.7 Å². The largest absolute Gasteiger partial charge is 0.497 e. The van der Waals surface area contributed by atoms with Gasteiger partial charge < -0.3 is 20.1 Å². The Kier molecular flexibility index (Phi) is 9.50. The zero-order valence-electron chi connectivity index (χ0n) is 19.8. The Morgan fingerprint density at radius 2 is 1.60 bits per heavy atom. The van der Waals surface area contributed by atoms with E-state index in [1.807, 2.05) is 60.7 Å². The van der Waals surface area contributed by atoms with Gasteiger partial charge in [0, 0.05) is 18.7 Å². The first kappa shape index (κ1) is 25.6. The normalized spacial score (nSPS) is 12.3. The summed E-state index contributed by atoms with van der Waals surface area (Å²) in [5.41, 5.74) is 2.28. The standard InChI is InChI=1S/C27H29N3O5/c1-19(35-18-21-11-7-4-8-12-21)26(32)30-24(15-20-9-5-3-6-10-20)25(31)27(33)29-17-22-16-23(34-2)13-14-28-22/h3-14,16,19,24H,15,17-18H2,1-2H3,(H,29,33)(H,30,32)/t19-,24-/m1/s1. The minimum absolute atomic E-state index is 0.0460. The van der Waals surface area contributed by atoms with Crippen molar-refractivity contribution in [3.63, 3.8) is 0 Å². The van der Waals surface area contributed by atoms with Crippen LogP contribution in [0.25, 0.3) is 0 Å². The third kappa shape index (κ3) is 8.04. The molecule has 3 rings (SSSR count). The number of carbonyl (C=O) groups excluding carboxylic acids is 3. The average molecular weight is 476 g/mol. The predicted octanol–water partition coefficient (Wildman–Crippen LogP) is 2.61. The van der Waals surface area contributed by atoms with E-state index in [-0.39, 0.29) is 19.6 Å². The lowest BCUT2D eigenvalue weighted by molar-refractivity contribution is -0.141. The van der Waals surface area contributed by atoms with Gasteiger partial charge in [-0.2, -0.15) is 0 Å². The van der Waals surface area contributed by atoms with E-state index in [0.29, 0.717) is 11.4 Å². The van der Waals surface area contributed by atoms with Gasteiger partial charge in [-0.25, -0.2) is 0 Å². The summed E-state index contributed by atoms with van der Waals surface area (Å²) in [5, 5.41) is 5.27. The lowest BCUT2D eigenvalue weighted by Crippen LogP contribution is -2.51. The van der Waals surface area contributed by atoms with Crippen molar-refractivity contribution >= 4 is 17.6 Å². The summed E-state index contributed by atoms with van der Waals surface area (Å²) in [6.45, 7) is 1.90. The van der Waals surface area contributed by atoms with Gasteiger partial charge in [-0.3, -0.25) is 19.4 Å². The molecule has 0 aliphatic carbocycles. The van der Waals surface area contributed by atoms with Crippen LogP contribution in [0.15, 0.2) is 79.0 Å². The number of aromatic nitrogens is 1. The van der Waals surface area contributed by atoms with Crippen molar-refractivity contribution in [3.8, 4) is 5.75 Å². The van der Waals surface area contributed by atoms with E-state index in [2.05, 4.69) is 15.6 Å². The molecule has 0 spiro atoms. The zero-order valence-corrected chi connectivity index (χ0v) is 19.8. The minimum atomic E-state index is -1.05. The summed E-state index contributed by atoms with van der Waals surface area (Å²) in [4.78, 5) is 42.6. The Morgan fingerprint density at radius 3 is 2.26 bits per heavy atom. The van der Waals surface area contributed by atoms with Gasteiger partial charge in [0.05, 0.1) is 26.0 Å².